The topological polar surface area (TPSA) is 35.5 Å². The van der Waals surface area contributed by atoms with Crippen molar-refractivity contribution in [3.8, 4) is 5.75 Å². The van der Waals surface area contributed by atoms with Crippen LogP contribution in [0.2, 0.25) is 0 Å². The first kappa shape index (κ1) is 15.3. The third-order valence-corrected chi connectivity index (χ3v) is 3.11. The van der Waals surface area contributed by atoms with E-state index < -0.39 is 0 Å². The molecule has 3 heteroatoms. The van der Waals surface area contributed by atoms with Crippen LogP contribution in [0.3, 0.4) is 0 Å². The van der Waals surface area contributed by atoms with Crippen LogP contribution in [0.15, 0.2) is 54.6 Å². The van der Waals surface area contributed by atoms with Gasteiger partial charge < -0.3 is 14.3 Å². The zero-order chi connectivity index (χ0) is 14.9. The maximum atomic E-state index is 10.9. The molecular formula is C18H20O3. The van der Waals surface area contributed by atoms with Crippen LogP contribution in [0.5, 0.6) is 5.75 Å². The van der Waals surface area contributed by atoms with Crippen molar-refractivity contribution in [3.05, 3.63) is 65.7 Å². The van der Waals surface area contributed by atoms with E-state index in [1.54, 1.807) is 6.92 Å². The van der Waals surface area contributed by atoms with E-state index in [0.29, 0.717) is 13.0 Å². The zero-order valence-corrected chi connectivity index (χ0v) is 12.2. The first-order chi connectivity index (χ1) is 10.2. The van der Waals surface area contributed by atoms with E-state index in [-0.39, 0.29) is 12.6 Å². The van der Waals surface area contributed by atoms with Gasteiger partial charge in [0.05, 0.1) is 6.61 Å². The quantitative estimate of drug-likeness (QED) is 0.547. The molecule has 0 heterocycles. The number of rotatable bonds is 8. The van der Waals surface area contributed by atoms with Crippen molar-refractivity contribution in [1.29, 1.82) is 0 Å². The summed E-state index contributed by atoms with van der Waals surface area (Å²) in [4.78, 5) is 10.9. The molecule has 0 saturated heterocycles. The Bertz CT molecular complexity index is 546. The van der Waals surface area contributed by atoms with Crippen LogP contribution in [0.25, 0.3) is 0 Å². The van der Waals surface area contributed by atoms with Gasteiger partial charge in [0.2, 0.25) is 0 Å². The van der Waals surface area contributed by atoms with Crippen LogP contribution in [0, 0.1) is 0 Å². The maximum Gasteiger partial charge on any atom is 0.189 e. The first-order valence-electron chi connectivity index (χ1n) is 7.07. The summed E-state index contributed by atoms with van der Waals surface area (Å²) in [6, 6.07) is 17.8. The Morgan fingerprint density at radius 3 is 2.33 bits per heavy atom. The number of carbonyl (C=O) groups excluding carboxylic acids is 1. The molecule has 0 radical (unpaired) electrons. The second-order valence-electron chi connectivity index (χ2n) is 4.94. The summed E-state index contributed by atoms with van der Waals surface area (Å²) in [5.41, 5.74) is 2.27. The van der Waals surface area contributed by atoms with E-state index in [1.807, 2.05) is 54.6 Å². The van der Waals surface area contributed by atoms with E-state index >= 15 is 0 Å². The Hall–Kier alpha value is -2.13. The zero-order valence-electron chi connectivity index (χ0n) is 12.2. The van der Waals surface area contributed by atoms with Crippen molar-refractivity contribution < 1.29 is 14.3 Å². The fourth-order valence-corrected chi connectivity index (χ4v) is 1.92. The molecule has 0 bridgehead atoms. The van der Waals surface area contributed by atoms with Gasteiger partial charge in [0.25, 0.3) is 0 Å². The first-order valence-corrected chi connectivity index (χ1v) is 7.07. The molecule has 0 unspecified atom stereocenters. The van der Waals surface area contributed by atoms with Crippen LogP contribution in [-0.2, 0) is 22.6 Å². The highest BCUT2D eigenvalue weighted by atomic mass is 16.7. The normalized spacial score (nSPS) is 10.3. The average Bonchev–Trinajstić information content (AvgIpc) is 2.52. The van der Waals surface area contributed by atoms with Crippen molar-refractivity contribution in [2.75, 3.05) is 6.79 Å². The minimum atomic E-state index is 0.213. The molecule has 3 nitrogen and oxygen atoms in total. The summed E-state index contributed by atoms with van der Waals surface area (Å²) in [6.07, 6.45) is 1.36. The molecule has 2 aromatic carbocycles. The Balaban J connectivity index is 1.70. The number of carbonyl (C=O) groups is 1. The minimum absolute atomic E-state index is 0.213. The molecule has 0 aromatic heterocycles. The Morgan fingerprint density at radius 1 is 0.952 bits per heavy atom. The number of benzene rings is 2. The van der Waals surface area contributed by atoms with Gasteiger partial charge in [0.15, 0.2) is 6.79 Å². The van der Waals surface area contributed by atoms with E-state index in [1.165, 1.54) is 0 Å². The van der Waals surface area contributed by atoms with Crippen molar-refractivity contribution in [2.45, 2.75) is 26.4 Å². The third kappa shape index (κ3) is 5.79. The van der Waals surface area contributed by atoms with Crippen molar-refractivity contribution in [1.82, 2.24) is 0 Å². The summed E-state index contributed by atoms with van der Waals surface area (Å²) >= 11 is 0. The predicted octanol–water partition coefficient (Wildman–Crippen LogP) is 3.76. The Labute approximate surface area is 125 Å². The van der Waals surface area contributed by atoms with Crippen molar-refractivity contribution in [3.63, 3.8) is 0 Å². The van der Waals surface area contributed by atoms with Crippen LogP contribution >= 0.6 is 0 Å². The van der Waals surface area contributed by atoms with Gasteiger partial charge in [0.1, 0.15) is 11.5 Å². The van der Waals surface area contributed by atoms with Gasteiger partial charge in [-0.15, -0.1) is 0 Å². The molecule has 21 heavy (non-hydrogen) atoms. The molecule has 0 spiro atoms. The molecule has 0 N–H and O–H groups in total. The van der Waals surface area contributed by atoms with Crippen molar-refractivity contribution in [2.24, 2.45) is 0 Å². The number of ketones is 1. The van der Waals surface area contributed by atoms with Gasteiger partial charge in [0, 0.05) is 6.42 Å². The summed E-state index contributed by atoms with van der Waals surface area (Å²) in [5, 5.41) is 0. The summed E-state index contributed by atoms with van der Waals surface area (Å²) in [6.45, 7) is 2.38. The minimum Gasteiger partial charge on any atom is -0.468 e. The van der Waals surface area contributed by atoms with Crippen LogP contribution in [-0.4, -0.2) is 12.6 Å². The number of ether oxygens (including phenoxy) is 2. The van der Waals surface area contributed by atoms with E-state index in [9.17, 15) is 4.79 Å². The molecule has 2 rings (SSSR count). The van der Waals surface area contributed by atoms with E-state index in [0.717, 1.165) is 23.3 Å². The molecule has 110 valence electrons. The van der Waals surface area contributed by atoms with Gasteiger partial charge >= 0.3 is 0 Å². The number of Topliss-reactive ketones (excluding diaryl/α,β-unsaturated/α-hetero) is 1. The van der Waals surface area contributed by atoms with Gasteiger partial charge in [-0.25, -0.2) is 0 Å². The van der Waals surface area contributed by atoms with E-state index in [2.05, 4.69) is 0 Å². The second kappa shape index (κ2) is 8.22. The molecule has 0 aliphatic heterocycles. The van der Waals surface area contributed by atoms with Crippen molar-refractivity contribution >= 4 is 5.78 Å². The van der Waals surface area contributed by atoms with Gasteiger partial charge in [-0.3, -0.25) is 0 Å². The monoisotopic (exact) mass is 284 g/mol. The summed E-state index contributed by atoms with van der Waals surface area (Å²) < 4.78 is 11.0. The molecule has 0 fully saturated rings. The maximum absolute atomic E-state index is 10.9. The number of hydrogen-bond donors (Lipinski definition) is 0. The fourth-order valence-electron chi connectivity index (χ4n) is 1.92. The van der Waals surface area contributed by atoms with Crippen LogP contribution < -0.4 is 4.74 Å². The van der Waals surface area contributed by atoms with Gasteiger partial charge in [-0.05, 0) is 36.6 Å². The summed E-state index contributed by atoms with van der Waals surface area (Å²) in [7, 11) is 0. The van der Waals surface area contributed by atoms with Gasteiger partial charge in [-0.1, -0.05) is 42.5 Å². The lowest BCUT2D eigenvalue weighted by Gasteiger charge is -2.08. The Morgan fingerprint density at radius 2 is 1.67 bits per heavy atom. The standard InChI is InChI=1S/C18H20O3/c1-15(19)7-8-16-9-11-18(12-10-16)21-14-20-13-17-5-3-2-4-6-17/h2-6,9-12H,7-8,13-14H2,1H3. The molecule has 0 aliphatic rings. The van der Waals surface area contributed by atoms with Gasteiger partial charge in [-0.2, -0.15) is 0 Å². The number of hydrogen-bond acceptors (Lipinski definition) is 3. The molecule has 0 aliphatic carbocycles. The SMILES string of the molecule is CC(=O)CCc1ccc(OCOCc2ccccc2)cc1. The fraction of sp³-hybridized carbons (Fsp3) is 0.278. The molecular weight excluding hydrogens is 264 g/mol. The highest BCUT2D eigenvalue weighted by Crippen LogP contribution is 2.13. The smallest absolute Gasteiger partial charge is 0.189 e. The van der Waals surface area contributed by atoms with E-state index in [4.69, 9.17) is 9.47 Å². The van der Waals surface area contributed by atoms with Crippen LogP contribution in [0.1, 0.15) is 24.5 Å². The lowest BCUT2D eigenvalue weighted by molar-refractivity contribution is -0.116. The highest BCUT2D eigenvalue weighted by Gasteiger charge is 1.99. The summed E-state index contributed by atoms with van der Waals surface area (Å²) in [5.74, 6) is 0.985. The lowest BCUT2D eigenvalue weighted by atomic mass is 10.1. The molecule has 0 amide bonds. The number of aryl methyl sites for hydroxylation is 1. The second-order valence-corrected chi connectivity index (χ2v) is 4.94. The highest BCUT2D eigenvalue weighted by molar-refractivity contribution is 5.75. The molecule has 2 aromatic rings. The predicted molar refractivity (Wildman–Crippen MR) is 82.2 cm³/mol. The molecule has 0 saturated carbocycles. The third-order valence-electron chi connectivity index (χ3n) is 3.11. The average molecular weight is 284 g/mol. The largest absolute Gasteiger partial charge is 0.468 e. The van der Waals surface area contributed by atoms with Crippen LogP contribution in [0.4, 0.5) is 0 Å². The molecule has 0 atom stereocenters. The Kier molecular flexibility index (Phi) is 5.98. The lowest BCUT2D eigenvalue weighted by Crippen LogP contribution is -2.03.